The second kappa shape index (κ2) is 7.41. The fourth-order valence-electron chi connectivity index (χ4n) is 3.33. The Morgan fingerprint density at radius 1 is 1.00 bits per heavy atom. The van der Waals surface area contributed by atoms with Gasteiger partial charge < -0.3 is 19.5 Å². The molecular weight excluding hydrogens is 370 g/mol. The molecular formula is C16H23N7O3S. The van der Waals surface area contributed by atoms with Gasteiger partial charge in [0.25, 0.3) is 10.0 Å². The van der Waals surface area contributed by atoms with E-state index < -0.39 is 10.0 Å². The Bertz CT molecular complexity index is 873. The normalized spacial score (nSPS) is 19.4. The Labute approximate surface area is 158 Å². The maximum atomic E-state index is 12.6. The van der Waals surface area contributed by atoms with Crippen molar-refractivity contribution in [2.45, 2.75) is 11.9 Å². The smallest absolute Gasteiger partial charge is 0.260 e. The van der Waals surface area contributed by atoms with Crippen LogP contribution in [0.4, 0.5) is 11.6 Å². The highest BCUT2D eigenvalue weighted by Crippen LogP contribution is 2.23. The topological polar surface area (TPSA) is 108 Å². The third kappa shape index (κ3) is 3.75. The molecule has 2 aliphatic rings. The van der Waals surface area contributed by atoms with Crippen molar-refractivity contribution in [2.75, 3.05) is 62.3 Å². The number of piperazine rings is 1. The number of aryl methyl sites for hydroxylation is 1. The average molecular weight is 393 g/mol. The van der Waals surface area contributed by atoms with Crippen LogP contribution in [0.1, 0.15) is 5.82 Å². The van der Waals surface area contributed by atoms with Gasteiger partial charge >= 0.3 is 0 Å². The number of imidazole rings is 1. The Kier molecular flexibility index (Phi) is 4.98. The first kappa shape index (κ1) is 18.1. The Balaban J connectivity index is 1.47. The van der Waals surface area contributed by atoms with E-state index in [1.165, 1.54) is 16.8 Å². The molecule has 10 nitrogen and oxygen atoms in total. The first-order valence-corrected chi connectivity index (χ1v) is 10.4. The summed E-state index contributed by atoms with van der Waals surface area (Å²) in [5, 5.41) is 0.128. The molecule has 0 atom stereocenters. The second-order valence-corrected chi connectivity index (χ2v) is 8.44. The largest absolute Gasteiger partial charge is 0.378 e. The van der Waals surface area contributed by atoms with Gasteiger partial charge in [0.1, 0.15) is 17.5 Å². The Morgan fingerprint density at radius 3 is 2.22 bits per heavy atom. The summed E-state index contributed by atoms with van der Waals surface area (Å²) in [5.41, 5.74) is 0. The van der Waals surface area contributed by atoms with Gasteiger partial charge in [-0.3, -0.25) is 0 Å². The van der Waals surface area contributed by atoms with Crippen molar-refractivity contribution < 1.29 is 13.2 Å². The van der Waals surface area contributed by atoms with Crippen LogP contribution < -0.4 is 9.80 Å². The van der Waals surface area contributed by atoms with Crippen LogP contribution in [-0.4, -0.2) is 85.1 Å². The minimum atomic E-state index is -3.52. The molecule has 2 aromatic rings. The van der Waals surface area contributed by atoms with Crippen molar-refractivity contribution in [3.63, 3.8) is 0 Å². The van der Waals surface area contributed by atoms with E-state index in [1.807, 2.05) is 13.0 Å². The zero-order valence-electron chi connectivity index (χ0n) is 15.2. The third-order valence-corrected chi connectivity index (χ3v) is 6.62. The molecule has 4 heterocycles. The second-order valence-electron chi connectivity index (χ2n) is 6.54. The molecule has 2 saturated heterocycles. The van der Waals surface area contributed by atoms with Crippen LogP contribution in [0.2, 0.25) is 0 Å². The van der Waals surface area contributed by atoms with Crippen molar-refractivity contribution in [3.05, 3.63) is 24.4 Å². The highest BCUT2D eigenvalue weighted by Gasteiger charge is 2.30. The number of hydrogen-bond donors (Lipinski definition) is 1. The lowest BCUT2D eigenvalue weighted by Crippen LogP contribution is -2.49. The van der Waals surface area contributed by atoms with Crippen LogP contribution in [0.5, 0.6) is 0 Å². The number of H-pyrrole nitrogens is 1. The molecule has 11 heteroatoms. The van der Waals surface area contributed by atoms with Crippen molar-refractivity contribution in [1.29, 1.82) is 0 Å². The Hall–Kier alpha value is -2.24. The van der Waals surface area contributed by atoms with Crippen LogP contribution in [0.25, 0.3) is 0 Å². The molecule has 4 rings (SSSR count). The zero-order chi connectivity index (χ0) is 18.9. The minimum absolute atomic E-state index is 0.128. The van der Waals surface area contributed by atoms with E-state index in [1.54, 1.807) is 0 Å². The quantitative estimate of drug-likeness (QED) is 0.765. The van der Waals surface area contributed by atoms with Crippen molar-refractivity contribution in [2.24, 2.45) is 0 Å². The molecule has 0 amide bonds. The summed E-state index contributed by atoms with van der Waals surface area (Å²) >= 11 is 0. The van der Waals surface area contributed by atoms with E-state index in [4.69, 9.17) is 4.74 Å². The number of anilines is 2. The summed E-state index contributed by atoms with van der Waals surface area (Å²) < 4.78 is 32.1. The lowest BCUT2D eigenvalue weighted by molar-refractivity contribution is 0.122. The van der Waals surface area contributed by atoms with Gasteiger partial charge in [-0.25, -0.2) is 23.4 Å². The highest BCUT2D eigenvalue weighted by molar-refractivity contribution is 7.89. The van der Waals surface area contributed by atoms with Crippen molar-refractivity contribution in [1.82, 2.24) is 24.2 Å². The fourth-order valence-corrected chi connectivity index (χ4v) is 4.65. The first-order valence-electron chi connectivity index (χ1n) is 8.96. The Morgan fingerprint density at radius 2 is 1.63 bits per heavy atom. The number of sulfonamides is 1. The van der Waals surface area contributed by atoms with Gasteiger partial charge in [0.05, 0.1) is 25.7 Å². The third-order valence-electron chi connectivity index (χ3n) is 4.80. The summed E-state index contributed by atoms with van der Waals surface area (Å²) in [4.78, 5) is 19.9. The average Bonchev–Trinajstić information content (AvgIpc) is 3.24. The van der Waals surface area contributed by atoms with Gasteiger partial charge in [0, 0.05) is 45.3 Å². The SMILES string of the molecule is Cc1nc(N2CCOCC2)cc(N2CCN(S(=O)(=O)c3cnc[nH]3)CC2)n1. The first-order chi connectivity index (χ1) is 13.0. The molecule has 0 spiro atoms. The molecule has 27 heavy (non-hydrogen) atoms. The monoisotopic (exact) mass is 393 g/mol. The molecule has 0 aliphatic carbocycles. The van der Waals surface area contributed by atoms with Gasteiger partial charge in [0.2, 0.25) is 0 Å². The molecule has 146 valence electrons. The van der Waals surface area contributed by atoms with E-state index in [9.17, 15) is 8.42 Å². The number of nitrogens with zero attached hydrogens (tertiary/aromatic N) is 6. The molecule has 2 fully saturated rings. The maximum Gasteiger partial charge on any atom is 0.260 e. The van der Waals surface area contributed by atoms with E-state index in [0.29, 0.717) is 45.2 Å². The number of nitrogens with one attached hydrogen (secondary N) is 1. The maximum absolute atomic E-state index is 12.6. The van der Waals surface area contributed by atoms with Gasteiger partial charge in [-0.05, 0) is 6.92 Å². The van der Waals surface area contributed by atoms with E-state index in [-0.39, 0.29) is 5.03 Å². The molecule has 0 aromatic carbocycles. The number of morpholine rings is 1. The minimum Gasteiger partial charge on any atom is -0.378 e. The van der Waals surface area contributed by atoms with Crippen LogP contribution in [-0.2, 0) is 14.8 Å². The summed E-state index contributed by atoms with van der Waals surface area (Å²) in [6.45, 7) is 6.85. The standard InChI is InChI=1S/C16H23N7O3S/c1-13-19-14(10-15(20-13)22-6-8-26-9-7-22)21-2-4-23(5-3-21)27(24,25)16-11-17-12-18-16/h10-12H,2-9H2,1H3,(H,17,18). The van der Waals surface area contributed by atoms with Gasteiger partial charge in [-0.15, -0.1) is 0 Å². The molecule has 1 N–H and O–H groups in total. The number of hydrogen-bond acceptors (Lipinski definition) is 8. The molecule has 0 unspecified atom stereocenters. The molecule has 0 radical (unpaired) electrons. The number of ether oxygens (including phenoxy) is 1. The molecule has 2 aromatic heterocycles. The predicted octanol–water partition coefficient (Wildman–Crippen LogP) is -0.144. The number of aromatic amines is 1. The lowest BCUT2D eigenvalue weighted by atomic mass is 10.3. The zero-order valence-corrected chi connectivity index (χ0v) is 16.0. The van der Waals surface area contributed by atoms with E-state index >= 15 is 0 Å². The summed E-state index contributed by atoms with van der Waals surface area (Å²) in [5.74, 6) is 2.44. The van der Waals surface area contributed by atoms with Crippen LogP contribution in [0, 0.1) is 6.92 Å². The van der Waals surface area contributed by atoms with Crippen LogP contribution in [0.15, 0.2) is 23.6 Å². The number of rotatable bonds is 4. The number of aromatic nitrogens is 4. The van der Waals surface area contributed by atoms with E-state index in [0.717, 1.165) is 24.7 Å². The van der Waals surface area contributed by atoms with Crippen LogP contribution in [0.3, 0.4) is 0 Å². The summed E-state index contributed by atoms with van der Waals surface area (Å²) in [6, 6.07) is 1.98. The van der Waals surface area contributed by atoms with Gasteiger partial charge in [0.15, 0.2) is 5.03 Å². The fraction of sp³-hybridized carbons (Fsp3) is 0.562. The van der Waals surface area contributed by atoms with Gasteiger partial charge in [-0.2, -0.15) is 4.31 Å². The van der Waals surface area contributed by atoms with Crippen molar-refractivity contribution in [3.8, 4) is 0 Å². The summed E-state index contributed by atoms with van der Waals surface area (Å²) in [6.07, 6.45) is 2.71. The summed E-state index contributed by atoms with van der Waals surface area (Å²) in [7, 11) is -3.52. The lowest BCUT2D eigenvalue weighted by Gasteiger charge is -2.35. The molecule has 2 aliphatic heterocycles. The molecule has 0 bridgehead atoms. The predicted molar refractivity (Wildman–Crippen MR) is 99.4 cm³/mol. The van der Waals surface area contributed by atoms with Gasteiger partial charge in [-0.1, -0.05) is 0 Å². The van der Waals surface area contributed by atoms with E-state index in [2.05, 4.69) is 29.7 Å². The van der Waals surface area contributed by atoms with Crippen molar-refractivity contribution >= 4 is 21.7 Å². The molecule has 0 saturated carbocycles. The van der Waals surface area contributed by atoms with Crippen LogP contribution >= 0.6 is 0 Å². The highest BCUT2D eigenvalue weighted by atomic mass is 32.2.